The van der Waals surface area contributed by atoms with Crippen molar-refractivity contribution < 1.29 is 17.9 Å². The number of aromatic nitrogens is 1. The molecule has 1 aromatic carbocycles. The maximum atomic E-state index is 12.6. The summed E-state index contributed by atoms with van der Waals surface area (Å²) >= 11 is 0. The summed E-state index contributed by atoms with van der Waals surface area (Å²) in [5.74, 6) is 0.638. The van der Waals surface area contributed by atoms with E-state index in [1.807, 2.05) is 36.1 Å². The number of aryl methyl sites for hydroxylation is 1. The standard InChI is InChI=1S/C22H29N3O4S/c1-4-30(27,28)24(3)19-9-10-21(23-16-19)29-20-11-13-25(14-12-20)22(26)15-18-8-6-5-7-17(18)2/h5-10,16,20H,4,11-15H2,1-3H3. The third-order valence-electron chi connectivity index (χ3n) is 5.55. The molecule has 1 saturated heterocycles. The lowest BCUT2D eigenvalue weighted by Gasteiger charge is -2.32. The van der Waals surface area contributed by atoms with Gasteiger partial charge >= 0.3 is 0 Å². The van der Waals surface area contributed by atoms with Crippen molar-refractivity contribution in [3.8, 4) is 5.88 Å². The molecule has 0 bridgehead atoms. The first-order valence-electron chi connectivity index (χ1n) is 10.2. The normalized spacial score (nSPS) is 15.1. The maximum Gasteiger partial charge on any atom is 0.234 e. The van der Waals surface area contributed by atoms with E-state index in [1.54, 1.807) is 19.1 Å². The summed E-state index contributed by atoms with van der Waals surface area (Å²) in [7, 11) is -1.80. The highest BCUT2D eigenvalue weighted by Crippen LogP contribution is 2.22. The molecule has 1 aliphatic rings. The summed E-state index contributed by atoms with van der Waals surface area (Å²) in [5.41, 5.74) is 2.71. The van der Waals surface area contributed by atoms with Crippen molar-refractivity contribution in [3.63, 3.8) is 0 Å². The zero-order valence-electron chi connectivity index (χ0n) is 17.7. The molecule has 1 aromatic heterocycles. The molecule has 0 N–H and O–H groups in total. The van der Waals surface area contributed by atoms with Gasteiger partial charge in [-0.3, -0.25) is 9.10 Å². The summed E-state index contributed by atoms with van der Waals surface area (Å²) < 4.78 is 31.1. The molecule has 0 radical (unpaired) electrons. The maximum absolute atomic E-state index is 12.6. The summed E-state index contributed by atoms with van der Waals surface area (Å²) in [6, 6.07) is 11.3. The van der Waals surface area contributed by atoms with E-state index in [0.29, 0.717) is 31.1 Å². The summed E-state index contributed by atoms with van der Waals surface area (Å²) in [5, 5.41) is 0. The van der Waals surface area contributed by atoms with Crippen LogP contribution >= 0.6 is 0 Å². The number of anilines is 1. The third kappa shape index (κ3) is 5.30. The van der Waals surface area contributed by atoms with Gasteiger partial charge in [0.25, 0.3) is 0 Å². The number of amides is 1. The monoisotopic (exact) mass is 431 g/mol. The van der Waals surface area contributed by atoms with E-state index < -0.39 is 10.0 Å². The molecule has 7 nitrogen and oxygen atoms in total. The quantitative estimate of drug-likeness (QED) is 0.674. The van der Waals surface area contributed by atoms with E-state index in [-0.39, 0.29) is 17.8 Å². The number of rotatable bonds is 7. The molecule has 0 unspecified atom stereocenters. The molecular formula is C22H29N3O4S. The smallest absolute Gasteiger partial charge is 0.234 e. The van der Waals surface area contributed by atoms with Gasteiger partial charge in [-0.25, -0.2) is 13.4 Å². The fraction of sp³-hybridized carbons (Fsp3) is 0.455. The van der Waals surface area contributed by atoms with E-state index in [4.69, 9.17) is 4.74 Å². The second kappa shape index (κ2) is 9.47. The number of nitrogens with zero attached hydrogens (tertiary/aromatic N) is 3. The molecule has 1 aliphatic heterocycles. The Morgan fingerprint density at radius 1 is 1.20 bits per heavy atom. The Bertz CT molecular complexity index is 968. The van der Waals surface area contributed by atoms with Crippen molar-refractivity contribution in [2.24, 2.45) is 0 Å². The molecule has 0 spiro atoms. The molecule has 1 fully saturated rings. The van der Waals surface area contributed by atoms with E-state index >= 15 is 0 Å². The Balaban J connectivity index is 1.51. The van der Waals surface area contributed by atoms with Crippen LogP contribution < -0.4 is 9.04 Å². The van der Waals surface area contributed by atoms with Crippen LogP contribution in [0.2, 0.25) is 0 Å². The molecule has 0 atom stereocenters. The topological polar surface area (TPSA) is 79.8 Å². The van der Waals surface area contributed by atoms with Crippen LogP contribution in [0.1, 0.15) is 30.9 Å². The predicted molar refractivity (Wildman–Crippen MR) is 117 cm³/mol. The zero-order chi connectivity index (χ0) is 21.7. The lowest BCUT2D eigenvalue weighted by Crippen LogP contribution is -2.42. The molecule has 0 aliphatic carbocycles. The average Bonchev–Trinajstić information content (AvgIpc) is 2.76. The molecule has 2 heterocycles. The first-order valence-corrected chi connectivity index (χ1v) is 11.8. The van der Waals surface area contributed by atoms with Gasteiger partial charge in [0.1, 0.15) is 6.10 Å². The first-order chi connectivity index (χ1) is 14.3. The zero-order valence-corrected chi connectivity index (χ0v) is 18.6. The van der Waals surface area contributed by atoms with Crippen LogP contribution in [-0.2, 0) is 21.2 Å². The van der Waals surface area contributed by atoms with Crippen molar-refractivity contribution >= 4 is 21.6 Å². The number of carbonyl (C=O) groups excluding carboxylic acids is 1. The van der Waals surface area contributed by atoms with Crippen LogP contribution in [-0.4, -0.2) is 56.2 Å². The highest BCUT2D eigenvalue weighted by atomic mass is 32.2. The van der Waals surface area contributed by atoms with Gasteiger partial charge in [-0.15, -0.1) is 0 Å². The molecule has 162 valence electrons. The summed E-state index contributed by atoms with van der Waals surface area (Å²) in [6.07, 6.45) is 3.40. The third-order valence-corrected chi connectivity index (χ3v) is 7.33. The van der Waals surface area contributed by atoms with Crippen LogP contribution in [0.3, 0.4) is 0 Å². The molecule has 2 aromatic rings. The minimum absolute atomic E-state index is 0.0111. The number of hydrogen-bond acceptors (Lipinski definition) is 5. The predicted octanol–water partition coefficient (Wildman–Crippen LogP) is 2.79. The number of pyridine rings is 1. The minimum Gasteiger partial charge on any atom is -0.474 e. The van der Waals surface area contributed by atoms with Crippen molar-refractivity contribution in [2.75, 3.05) is 30.2 Å². The number of hydrogen-bond donors (Lipinski definition) is 0. The van der Waals surface area contributed by atoms with Crippen LogP contribution in [0, 0.1) is 6.92 Å². The van der Waals surface area contributed by atoms with Gasteiger partial charge in [-0.05, 0) is 31.0 Å². The van der Waals surface area contributed by atoms with Gasteiger partial charge in [0.2, 0.25) is 21.8 Å². The Kier molecular flexibility index (Phi) is 6.97. The largest absolute Gasteiger partial charge is 0.474 e. The Labute approximate surface area is 178 Å². The SMILES string of the molecule is CCS(=O)(=O)N(C)c1ccc(OC2CCN(C(=O)Cc3ccccc3C)CC2)nc1. The van der Waals surface area contributed by atoms with Gasteiger partial charge < -0.3 is 9.64 Å². The van der Waals surface area contributed by atoms with Crippen LogP contribution in [0.15, 0.2) is 42.6 Å². The fourth-order valence-corrected chi connectivity index (χ4v) is 4.28. The van der Waals surface area contributed by atoms with Gasteiger partial charge in [-0.2, -0.15) is 0 Å². The van der Waals surface area contributed by atoms with Crippen molar-refractivity contribution in [1.82, 2.24) is 9.88 Å². The molecular weight excluding hydrogens is 402 g/mol. The Morgan fingerprint density at radius 2 is 1.90 bits per heavy atom. The highest BCUT2D eigenvalue weighted by molar-refractivity contribution is 7.92. The van der Waals surface area contributed by atoms with Gasteiger partial charge in [0.15, 0.2) is 0 Å². The second-order valence-corrected chi connectivity index (χ2v) is 9.81. The number of carbonyl (C=O) groups is 1. The van der Waals surface area contributed by atoms with E-state index in [9.17, 15) is 13.2 Å². The van der Waals surface area contributed by atoms with Crippen LogP contribution in [0.4, 0.5) is 5.69 Å². The fourth-order valence-electron chi connectivity index (χ4n) is 3.46. The summed E-state index contributed by atoms with van der Waals surface area (Å²) in [6.45, 7) is 4.95. The lowest BCUT2D eigenvalue weighted by molar-refractivity contribution is -0.132. The molecule has 1 amide bonds. The van der Waals surface area contributed by atoms with E-state index in [1.165, 1.54) is 17.5 Å². The van der Waals surface area contributed by atoms with Crippen molar-refractivity contribution in [1.29, 1.82) is 0 Å². The van der Waals surface area contributed by atoms with Gasteiger partial charge in [-0.1, -0.05) is 24.3 Å². The number of sulfonamides is 1. The molecule has 30 heavy (non-hydrogen) atoms. The van der Waals surface area contributed by atoms with Crippen LogP contribution in [0.5, 0.6) is 5.88 Å². The molecule has 8 heteroatoms. The number of benzene rings is 1. The van der Waals surface area contributed by atoms with E-state index in [2.05, 4.69) is 4.98 Å². The first kappa shape index (κ1) is 22.1. The lowest BCUT2D eigenvalue weighted by atomic mass is 10.0. The van der Waals surface area contributed by atoms with Crippen LogP contribution in [0.25, 0.3) is 0 Å². The van der Waals surface area contributed by atoms with E-state index in [0.717, 1.165) is 24.0 Å². The number of likely N-dealkylation sites (tertiary alicyclic amines) is 1. The van der Waals surface area contributed by atoms with Gasteiger partial charge in [0.05, 0.1) is 24.1 Å². The van der Waals surface area contributed by atoms with Crippen molar-refractivity contribution in [2.45, 2.75) is 39.2 Å². The van der Waals surface area contributed by atoms with Crippen molar-refractivity contribution in [3.05, 3.63) is 53.7 Å². The average molecular weight is 432 g/mol. The second-order valence-electron chi connectivity index (χ2n) is 7.52. The van der Waals surface area contributed by atoms with Gasteiger partial charge in [0, 0.05) is 39.0 Å². The molecule has 0 saturated carbocycles. The summed E-state index contributed by atoms with van der Waals surface area (Å²) in [4.78, 5) is 18.8. The Morgan fingerprint density at radius 3 is 2.50 bits per heavy atom. The Hall–Kier alpha value is -2.61. The number of piperidine rings is 1. The highest BCUT2D eigenvalue weighted by Gasteiger charge is 2.24. The minimum atomic E-state index is -3.32. The number of ether oxygens (including phenoxy) is 1. The molecule has 3 rings (SSSR count).